The van der Waals surface area contributed by atoms with E-state index in [9.17, 15) is 20.4 Å². The van der Waals surface area contributed by atoms with Crippen molar-refractivity contribution in [2.24, 2.45) is 0 Å². The van der Waals surface area contributed by atoms with Crippen LogP contribution in [0.5, 0.6) is 23.0 Å². The summed E-state index contributed by atoms with van der Waals surface area (Å²) in [4.78, 5) is 0. The molecule has 0 spiro atoms. The quantitative estimate of drug-likeness (QED) is 0.169. The van der Waals surface area contributed by atoms with Gasteiger partial charge in [-0.05, 0) is 125 Å². The molecule has 0 saturated carbocycles. The summed E-state index contributed by atoms with van der Waals surface area (Å²) in [5.41, 5.74) is 4.55. The predicted octanol–water partition coefficient (Wildman–Crippen LogP) is 9.77. The molecule has 0 aromatic heterocycles. The maximum atomic E-state index is 10.6. The third-order valence-corrected chi connectivity index (χ3v) is 9.25. The highest BCUT2D eigenvalue weighted by atomic mass is 79.9. The Hall–Kier alpha value is -2.96. The highest BCUT2D eigenvalue weighted by Crippen LogP contribution is 2.54. The largest absolute Gasteiger partial charge is 0.508 e. The lowest BCUT2D eigenvalue weighted by Gasteiger charge is -2.44. The van der Waals surface area contributed by atoms with Crippen molar-refractivity contribution in [3.8, 4) is 23.0 Å². The van der Waals surface area contributed by atoms with Crippen molar-refractivity contribution in [2.45, 2.75) is 70.6 Å². The van der Waals surface area contributed by atoms with Gasteiger partial charge in [0.2, 0.25) is 0 Å². The highest BCUT2D eigenvalue weighted by molar-refractivity contribution is 9.10. The summed E-state index contributed by atoms with van der Waals surface area (Å²) in [6, 6.07) is 22.3. The first-order valence-electron chi connectivity index (χ1n) is 13.6. The molecule has 0 amide bonds. The summed E-state index contributed by atoms with van der Waals surface area (Å²) in [7, 11) is 0. The Labute approximate surface area is 260 Å². The molecular weight excluding hydrogens is 644 g/mol. The van der Waals surface area contributed by atoms with Gasteiger partial charge in [-0.2, -0.15) is 0 Å². The van der Waals surface area contributed by atoms with E-state index in [0.717, 1.165) is 33.4 Å². The zero-order chi connectivity index (χ0) is 30.5. The molecule has 4 aromatic carbocycles. The first-order chi connectivity index (χ1) is 18.9. The monoisotopic (exact) mass is 680 g/mol. The standard InChI is InChI=1S/C35H38Br2O4/c1-33(2,3)26-18-22(38)10-12-24(26)32(25-13-11-23(39)19-27(25)34(4,5)6)35(7,20-8-14-30(40)28(36)16-20)21-9-15-31(41)29(37)17-21/h8-19,32,38-41H,1-7H3. The van der Waals surface area contributed by atoms with Gasteiger partial charge in [0.1, 0.15) is 23.0 Å². The van der Waals surface area contributed by atoms with Gasteiger partial charge in [0.25, 0.3) is 0 Å². The molecule has 0 aliphatic heterocycles. The van der Waals surface area contributed by atoms with Gasteiger partial charge < -0.3 is 20.4 Å². The van der Waals surface area contributed by atoms with Gasteiger partial charge in [-0.15, -0.1) is 0 Å². The summed E-state index contributed by atoms with van der Waals surface area (Å²) in [6.45, 7) is 15.0. The Morgan fingerprint density at radius 2 is 0.878 bits per heavy atom. The second-order valence-electron chi connectivity index (χ2n) is 13.0. The molecule has 216 valence electrons. The minimum atomic E-state index is -0.764. The van der Waals surface area contributed by atoms with Crippen molar-refractivity contribution in [3.05, 3.63) is 115 Å². The van der Waals surface area contributed by atoms with Crippen LogP contribution < -0.4 is 0 Å². The molecule has 4 nitrogen and oxygen atoms in total. The van der Waals surface area contributed by atoms with Crippen molar-refractivity contribution in [1.82, 2.24) is 0 Å². The van der Waals surface area contributed by atoms with Gasteiger partial charge in [0, 0.05) is 11.3 Å². The number of benzene rings is 4. The van der Waals surface area contributed by atoms with Gasteiger partial charge in [-0.1, -0.05) is 72.7 Å². The fourth-order valence-corrected chi connectivity index (χ4v) is 6.60. The van der Waals surface area contributed by atoms with Crippen LogP contribution in [0.4, 0.5) is 0 Å². The van der Waals surface area contributed by atoms with Crippen molar-refractivity contribution >= 4 is 31.9 Å². The normalized spacial score (nSPS) is 12.6. The van der Waals surface area contributed by atoms with Crippen LogP contribution in [-0.2, 0) is 16.2 Å². The third kappa shape index (κ3) is 6.00. The smallest absolute Gasteiger partial charge is 0.129 e. The second-order valence-corrected chi connectivity index (χ2v) is 14.7. The van der Waals surface area contributed by atoms with Crippen molar-refractivity contribution in [2.75, 3.05) is 0 Å². The van der Waals surface area contributed by atoms with Crippen LogP contribution in [0.3, 0.4) is 0 Å². The van der Waals surface area contributed by atoms with Crippen LogP contribution in [-0.4, -0.2) is 20.4 Å². The molecule has 0 atom stereocenters. The minimum Gasteiger partial charge on any atom is -0.508 e. The predicted molar refractivity (Wildman–Crippen MR) is 174 cm³/mol. The Balaban J connectivity index is 2.25. The maximum Gasteiger partial charge on any atom is 0.129 e. The summed E-state index contributed by atoms with van der Waals surface area (Å²) >= 11 is 7.09. The molecule has 6 heteroatoms. The van der Waals surface area contributed by atoms with Crippen LogP contribution in [0.1, 0.15) is 87.8 Å². The number of phenols is 4. The molecule has 0 saturated heterocycles. The minimum absolute atomic E-state index is 0.138. The van der Waals surface area contributed by atoms with Crippen molar-refractivity contribution in [3.63, 3.8) is 0 Å². The van der Waals surface area contributed by atoms with E-state index in [0.29, 0.717) is 8.95 Å². The number of hydrogen-bond acceptors (Lipinski definition) is 4. The van der Waals surface area contributed by atoms with E-state index in [1.807, 2.05) is 48.5 Å². The van der Waals surface area contributed by atoms with Gasteiger partial charge in [-0.3, -0.25) is 0 Å². The number of hydrogen-bond donors (Lipinski definition) is 4. The molecule has 0 bridgehead atoms. The number of rotatable bonds is 5. The summed E-state index contributed by atoms with van der Waals surface area (Å²) in [6.07, 6.45) is 0. The maximum absolute atomic E-state index is 10.6. The molecular formula is C35H38Br2O4. The van der Waals surface area contributed by atoms with Gasteiger partial charge in [0.15, 0.2) is 0 Å². The molecule has 0 heterocycles. The fourth-order valence-electron chi connectivity index (χ4n) is 5.84. The van der Waals surface area contributed by atoms with E-state index in [2.05, 4.69) is 80.3 Å². The van der Waals surface area contributed by atoms with E-state index in [-0.39, 0.29) is 39.7 Å². The zero-order valence-corrected chi connectivity index (χ0v) is 27.7. The van der Waals surface area contributed by atoms with Gasteiger partial charge in [-0.25, -0.2) is 0 Å². The third-order valence-electron chi connectivity index (χ3n) is 7.98. The molecule has 4 rings (SSSR count). The zero-order valence-electron chi connectivity index (χ0n) is 24.6. The lowest BCUT2D eigenvalue weighted by atomic mass is 9.59. The van der Waals surface area contributed by atoms with E-state index in [4.69, 9.17) is 0 Å². The number of halogens is 2. The van der Waals surface area contributed by atoms with Crippen molar-refractivity contribution in [1.29, 1.82) is 0 Å². The molecule has 4 N–H and O–H groups in total. The van der Waals surface area contributed by atoms with E-state index >= 15 is 0 Å². The lowest BCUT2D eigenvalue weighted by molar-refractivity contribution is 0.447. The molecule has 0 unspecified atom stereocenters. The molecule has 0 radical (unpaired) electrons. The average Bonchev–Trinajstić information content (AvgIpc) is 2.87. The SMILES string of the molecule is CC(C)(C)c1cc(O)ccc1C(c1ccc(O)cc1C(C)(C)C)C(C)(c1ccc(O)c(Br)c1)c1ccc(O)c(Br)c1. The lowest BCUT2D eigenvalue weighted by Crippen LogP contribution is -2.36. The fraction of sp³-hybridized carbons (Fsp3) is 0.314. The van der Waals surface area contributed by atoms with Crippen LogP contribution in [0.25, 0.3) is 0 Å². The molecule has 0 aliphatic carbocycles. The summed E-state index contributed by atoms with van der Waals surface area (Å²) in [5, 5.41) is 42.2. The van der Waals surface area contributed by atoms with E-state index in [1.165, 1.54) is 0 Å². The van der Waals surface area contributed by atoms with Gasteiger partial charge in [0.05, 0.1) is 8.95 Å². The average molecular weight is 682 g/mol. The van der Waals surface area contributed by atoms with Gasteiger partial charge >= 0.3 is 0 Å². The van der Waals surface area contributed by atoms with Crippen LogP contribution in [0, 0.1) is 0 Å². The van der Waals surface area contributed by atoms with E-state index in [1.54, 1.807) is 24.3 Å². The Bertz CT molecular complexity index is 1480. The Morgan fingerprint density at radius 3 is 1.20 bits per heavy atom. The Kier molecular flexibility index (Phi) is 8.34. The molecule has 0 fully saturated rings. The summed E-state index contributed by atoms with van der Waals surface area (Å²) < 4.78 is 1.14. The second kappa shape index (κ2) is 11.0. The highest BCUT2D eigenvalue weighted by Gasteiger charge is 2.44. The topological polar surface area (TPSA) is 80.9 Å². The first kappa shape index (κ1) is 31.0. The number of phenolic OH excluding ortho intramolecular Hbond substituents is 4. The number of aromatic hydroxyl groups is 4. The summed E-state index contributed by atoms with van der Waals surface area (Å²) in [5.74, 6) is 0.348. The van der Waals surface area contributed by atoms with Crippen molar-refractivity contribution < 1.29 is 20.4 Å². The molecule has 0 aliphatic rings. The van der Waals surface area contributed by atoms with Crippen LogP contribution >= 0.6 is 31.9 Å². The van der Waals surface area contributed by atoms with E-state index < -0.39 is 5.41 Å². The first-order valence-corrected chi connectivity index (χ1v) is 15.2. The molecule has 41 heavy (non-hydrogen) atoms. The van der Waals surface area contributed by atoms with Crippen LogP contribution in [0.2, 0.25) is 0 Å². The Morgan fingerprint density at radius 1 is 0.512 bits per heavy atom. The molecule has 4 aromatic rings. The van der Waals surface area contributed by atoms with Crippen LogP contribution in [0.15, 0.2) is 81.7 Å².